The van der Waals surface area contributed by atoms with E-state index in [1.807, 2.05) is 0 Å². The Morgan fingerprint density at radius 3 is 2.90 bits per heavy atom. The Balaban J connectivity index is 2.18. The van der Waals surface area contributed by atoms with Crippen molar-refractivity contribution in [2.45, 2.75) is 18.9 Å². The van der Waals surface area contributed by atoms with Crippen molar-refractivity contribution in [3.63, 3.8) is 0 Å². The molecular formula is C12H12ClFN2O2S2. The van der Waals surface area contributed by atoms with Gasteiger partial charge in [0.15, 0.2) is 14.6 Å². The van der Waals surface area contributed by atoms with Gasteiger partial charge in [0.05, 0.1) is 33.6 Å². The molecule has 2 aromatic rings. The van der Waals surface area contributed by atoms with E-state index >= 15 is 0 Å². The molecule has 0 radical (unpaired) electrons. The van der Waals surface area contributed by atoms with Crippen molar-refractivity contribution >= 4 is 44.7 Å². The molecule has 1 fully saturated rings. The van der Waals surface area contributed by atoms with Gasteiger partial charge in [0.25, 0.3) is 0 Å². The lowest BCUT2D eigenvalue weighted by atomic mass is 10.2. The van der Waals surface area contributed by atoms with Crippen LogP contribution in [0.1, 0.15) is 18.9 Å². The zero-order chi connectivity index (χ0) is 14.5. The first-order valence-corrected chi connectivity index (χ1v) is 8.78. The van der Waals surface area contributed by atoms with Gasteiger partial charge in [-0.15, -0.1) is 0 Å². The van der Waals surface area contributed by atoms with Crippen molar-refractivity contribution in [1.29, 1.82) is 0 Å². The van der Waals surface area contributed by atoms with Gasteiger partial charge in [-0.2, -0.15) is 0 Å². The molecule has 108 valence electrons. The van der Waals surface area contributed by atoms with Crippen molar-refractivity contribution in [3.8, 4) is 0 Å². The summed E-state index contributed by atoms with van der Waals surface area (Å²) in [6.45, 7) is 0. The van der Waals surface area contributed by atoms with Gasteiger partial charge in [0.2, 0.25) is 0 Å². The normalized spacial score (nSPS) is 22.2. The number of imidazole rings is 1. The summed E-state index contributed by atoms with van der Waals surface area (Å²) >= 11 is 11.0. The minimum atomic E-state index is -3.06. The Morgan fingerprint density at radius 1 is 1.45 bits per heavy atom. The Kier molecular flexibility index (Phi) is 3.38. The molecule has 8 heteroatoms. The van der Waals surface area contributed by atoms with E-state index in [2.05, 4.69) is 4.98 Å². The molecule has 1 saturated heterocycles. The molecule has 4 nitrogen and oxygen atoms in total. The molecule has 2 heterocycles. The van der Waals surface area contributed by atoms with Crippen molar-refractivity contribution in [3.05, 3.63) is 27.7 Å². The maximum absolute atomic E-state index is 13.6. The smallest absolute Gasteiger partial charge is 0.178 e. The van der Waals surface area contributed by atoms with E-state index in [0.29, 0.717) is 28.6 Å². The second-order valence-corrected chi connectivity index (χ2v) is 8.02. The highest BCUT2D eigenvalue weighted by atomic mass is 35.5. The first-order chi connectivity index (χ1) is 9.37. The van der Waals surface area contributed by atoms with E-state index < -0.39 is 15.7 Å². The van der Waals surface area contributed by atoms with Gasteiger partial charge in [-0.1, -0.05) is 11.6 Å². The molecule has 0 spiro atoms. The van der Waals surface area contributed by atoms with E-state index in [4.69, 9.17) is 23.8 Å². The second-order valence-electron chi connectivity index (χ2n) is 4.99. The van der Waals surface area contributed by atoms with Crippen LogP contribution in [-0.2, 0) is 9.84 Å². The first kappa shape index (κ1) is 14.0. The Morgan fingerprint density at radius 2 is 2.20 bits per heavy atom. The third-order valence-electron chi connectivity index (χ3n) is 3.56. The summed E-state index contributed by atoms with van der Waals surface area (Å²) in [6, 6.07) is 2.51. The molecule has 3 rings (SSSR count). The number of halogens is 2. The van der Waals surface area contributed by atoms with Gasteiger partial charge in [-0.3, -0.25) is 0 Å². The van der Waals surface area contributed by atoms with Crippen LogP contribution in [0.4, 0.5) is 4.39 Å². The largest absolute Gasteiger partial charge is 0.331 e. The zero-order valence-corrected chi connectivity index (χ0v) is 12.8. The minimum Gasteiger partial charge on any atom is -0.331 e. The fraction of sp³-hybridized carbons (Fsp3) is 0.417. The molecule has 1 aromatic carbocycles. The predicted octanol–water partition coefficient (Wildman–Crippen LogP) is 3.24. The number of hydrogen-bond acceptors (Lipinski definition) is 3. The van der Waals surface area contributed by atoms with Crippen LogP contribution in [-0.4, -0.2) is 29.5 Å². The molecule has 0 saturated carbocycles. The molecule has 0 bridgehead atoms. The van der Waals surface area contributed by atoms with Crippen molar-refractivity contribution in [2.75, 3.05) is 11.5 Å². The molecular weight excluding hydrogens is 323 g/mol. The lowest BCUT2D eigenvalue weighted by molar-refractivity contribution is 0.475. The molecule has 0 amide bonds. The third kappa shape index (κ3) is 2.38. The summed E-state index contributed by atoms with van der Waals surface area (Å²) in [7, 11) is -3.06. The number of aromatic amines is 1. The molecule has 1 aliphatic heterocycles. The van der Waals surface area contributed by atoms with Crippen LogP contribution in [0.15, 0.2) is 12.1 Å². The van der Waals surface area contributed by atoms with E-state index in [-0.39, 0.29) is 22.6 Å². The highest BCUT2D eigenvalue weighted by Crippen LogP contribution is 2.30. The topological polar surface area (TPSA) is 54.9 Å². The lowest BCUT2D eigenvalue weighted by Crippen LogP contribution is -2.27. The molecule has 20 heavy (non-hydrogen) atoms. The van der Waals surface area contributed by atoms with Crippen LogP contribution >= 0.6 is 23.8 Å². The number of benzene rings is 1. The molecule has 1 unspecified atom stereocenters. The van der Waals surface area contributed by atoms with Crippen molar-refractivity contribution in [1.82, 2.24) is 9.55 Å². The zero-order valence-electron chi connectivity index (χ0n) is 10.4. The standard InChI is InChI=1S/C12H12ClFN2O2S2/c13-8-4-10-11(5-9(8)14)16(12(19)15-10)7-2-1-3-20(17,18)6-7/h4-5,7H,1-3,6H2,(H,15,19). The summed E-state index contributed by atoms with van der Waals surface area (Å²) in [5, 5.41) is 0.0113. The van der Waals surface area contributed by atoms with Gasteiger partial charge in [0, 0.05) is 6.07 Å². The van der Waals surface area contributed by atoms with Gasteiger partial charge in [-0.05, 0) is 31.1 Å². The fourth-order valence-corrected chi connectivity index (χ4v) is 4.88. The van der Waals surface area contributed by atoms with Crippen molar-refractivity contribution < 1.29 is 12.8 Å². The Bertz CT molecular complexity index is 841. The van der Waals surface area contributed by atoms with Crippen LogP contribution in [0.2, 0.25) is 5.02 Å². The Labute approximate surface area is 125 Å². The number of sulfone groups is 1. The summed E-state index contributed by atoms with van der Waals surface area (Å²) in [5.41, 5.74) is 1.17. The highest BCUT2D eigenvalue weighted by Gasteiger charge is 2.27. The minimum absolute atomic E-state index is 0.0113. The summed E-state index contributed by atoms with van der Waals surface area (Å²) in [6.07, 6.45) is 1.31. The van der Waals surface area contributed by atoms with Gasteiger partial charge >= 0.3 is 0 Å². The van der Waals surface area contributed by atoms with Crippen LogP contribution in [0.25, 0.3) is 11.0 Å². The molecule has 1 N–H and O–H groups in total. The van der Waals surface area contributed by atoms with E-state index in [1.165, 1.54) is 12.1 Å². The highest BCUT2D eigenvalue weighted by molar-refractivity contribution is 7.91. The van der Waals surface area contributed by atoms with Crippen LogP contribution < -0.4 is 0 Å². The number of fused-ring (bicyclic) bond motifs is 1. The van der Waals surface area contributed by atoms with E-state index in [0.717, 1.165) is 0 Å². The van der Waals surface area contributed by atoms with Gasteiger partial charge < -0.3 is 9.55 Å². The number of rotatable bonds is 1. The van der Waals surface area contributed by atoms with Gasteiger partial charge in [0.1, 0.15) is 5.82 Å². The average Bonchev–Trinajstić information content (AvgIpc) is 2.64. The molecule has 1 aliphatic rings. The summed E-state index contributed by atoms with van der Waals surface area (Å²) < 4.78 is 39.3. The maximum Gasteiger partial charge on any atom is 0.178 e. The molecule has 0 aliphatic carbocycles. The first-order valence-electron chi connectivity index (χ1n) is 6.17. The van der Waals surface area contributed by atoms with Crippen LogP contribution in [0.3, 0.4) is 0 Å². The molecule has 1 atom stereocenters. The van der Waals surface area contributed by atoms with Crippen molar-refractivity contribution in [2.24, 2.45) is 0 Å². The SMILES string of the molecule is O=S1(=O)CCCC(n2c(=S)[nH]c3cc(Cl)c(F)cc32)C1. The predicted molar refractivity (Wildman–Crippen MR) is 79.0 cm³/mol. The van der Waals surface area contributed by atoms with E-state index in [1.54, 1.807) is 4.57 Å². The number of H-pyrrole nitrogens is 1. The number of nitrogens with one attached hydrogen (secondary N) is 1. The maximum atomic E-state index is 13.6. The van der Waals surface area contributed by atoms with Gasteiger partial charge in [-0.25, -0.2) is 12.8 Å². The summed E-state index contributed by atoms with van der Waals surface area (Å²) in [5.74, 6) is -0.293. The monoisotopic (exact) mass is 334 g/mol. The quantitative estimate of drug-likeness (QED) is 0.814. The fourth-order valence-electron chi connectivity index (χ4n) is 2.69. The number of hydrogen-bond donors (Lipinski definition) is 1. The second kappa shape index (κ2) is 4.82. The van der Waals surface area contributed by atoms with E-state index in [9.17, 15) is 12.8 Å². The lowest BCUT2D eigenvalue weighted by Gasteiger charge is -2.23. The Hall–Kier alpha value is -0.920. The van der Waals surface area contributed by atoms with Crippen LogP contribution in [0, 0.1) is 10.6 Å². The number of nitrogens with zero attached hydrogens (tertiary/aromatic N) is 1. The summed E-state index contributed by atoms with van der Waals surface area (Å²) in [4.78, 5) is 2.95. The molecule has 1 aromatic heterocycles. The number of aromatic nitrogens is 2. The third-order valence-corrected chi connectivity index (χ3v) is 5.95. The van der Waals surface area contributed by atoms with Crippen LogP contribution in [0.5, 0.6) is 0 Å². The average molecular weight is 335 g/mol.